The molecule has 1 aromatic carbocycles. The van der Waals surface area contributed by atoms with Gasteiger partial charge < -0.3 is 10.1 Å². The van der Waals surface area contributed by atoms with Crippen LogP contribution in [0.2, 0.25) is 0 Å². The Bertz CT molecular complexity index is 343. The van der Waals surface area contributed by atoms with Crippen LogP contribution in [0.5, 0.6) is 5.75 Å². The van der Waals surface area contributed by atoms with Crippen LogP contribution in [-0.4, -0.2) is 12.6 Å². The maximum atomic E-state index is 5.51. The number of nitrogens with one attached hydrogen (secondary N) is 1. The van der Waals surface area contributed by atoms with Gasteiger partial charge in [0.15, 0.2) is 0 Å². The van der Waals surface area contributed by atoms with Gasteiger partial charge in [0, 0.05) is 11.7 Å². The lowest BCUT2D eigenvalue weighted by atomic mass is 10.1. The summed E-state index contributed by atoms with van der Waals surface area (Å²) in [6, 6.07) is 6.89. The fourth-order valence-corrected chi connectivity index (χ4v) is 2.26. The number of anilines is 1. The van der Waals surface area contributed by atoms with Gasteiger partial charge in [0.05, 0.1) is 6.61 Å². The molecule has 0 atom stereocenters. The molecule has 0 aliphatic carbocycles. The highest BCUT2D eigenvalue weighted by Gasteiger charge is 2.08. The number of aryl methyl sites for hydroxylation is 1. The van der Waals surface area contributed by atoms with Gasteiger partial charge in [-0.15, -0.1) is 0 Å². The highest BCUT2D eigenvalue weighted by Crippen LogP contribution is 2.23. The average molecular weight is 249 g/mol. The lowest BCUT2D eigenvalue weighted by Gasteiger charge is -2.20. The van der Waals surface area contributed by atoms with Crippen LogP contribution in [0.1, 0.15) is 52.0 Å². The number of benzene rings is 1. The largest absolute Gasteiger partial charge is 0.494 e. The van der Waals surface area contributed by atoms with Crippen molar-refractivity contribution < 1.29 is 4.74 Å². The molecule has 1 aromatic rings. The van der Waals surface area contributed by atoms with E-state index in [0.29, 0.717) is 6.04 Å². The van der Waals surface area contributed by atoms with Crippen molar-refractivity contribution in [1.82, 2.24) is 0 Å². The van der Waals surface area contributed by atoms with E-state index in [9.17, 15) is 0 Å². The first kappa shape index (κ1) is 14.9. The summed E-state index contributed by atoms with van der Waals surface area (Å²) in [5, 5.41) is 3.66. The quantitative estimate of drug-likeness (QED) is 0.716. The summed E-state index contributed by atoms with van der Waals surface area (Å²) in [7, 11) is 0. The van der Waals surface area contributed by atoms with Crippen molar-refractivity contribution in [2.24, 2.45) is 0 Å². The molecule has 0 amide bonds. The summed E-state index contributed by atoms with van der Waals surface area (Å²) in [6.45, 7) is 9.37. The third-order valence-electron chi connectivity index (χ3n) is 3.14. The second kappa shape index (κ2) is 8.02. The van der Waals surface area contributed by atoms with E-state index < -0.39 is 0 Å². The summed E-state index contributed by atoms with van der Waals surface area (Å²) in [4.78, 5) is 0. The molecule has 0 fully saturated rings. The molecule has 1 N–H and O–H groups in total. The second-order valence-electron chi connectivity index (χ2n) is 4.83. The molecular formula is C16H27NO. The van der Waals surface area contributed by atoms with Gasteiger partial charge in [0.1, 0.15) is 5.75 Å². The minimum Gasteiger partial charge on any atom is -0.494 e. The number of hydrogen-bond donors (Lipinski definition) is 1. The highest BCUT2D eigenvalue weighted by molar-refractivity contribution is 5.54. The zero-order valence-corrected chi connectivity index (χ0v) is 12.3. The molecule has 102 valence electrons. The molecule has 0 saturated heterocycles. The Morgan fingerprint density at radius 3 is 2.28 bits per heavy atom. The van der Waals surface area contributed by atoms with Crippen LogP contribution in [0, 0.1) is 6.92 Å². The fourth-order valence-electron chi connectivity index (χ4n) is 2.26. The summed E-state index contributed by atoms with van der Waals surface area (Å²) in [6.07, 6.45) is 4.93. The lowest BCUT2D eigenvalue weighted by molar-refractivity contribution is 0.340. The zero-order valence-electron chi connectivity index (χ0n) is 12.3. The van der Waals surface area contributed by atoms with Crippen LogP contribution in [0.3, 0.4) is 0 Å². The lowest BCUT2D eigenvalue weighted by Crippen LogP contribution is -2.19. The van der Waals surface area contributed by atoms with Crippen molar-refractivity contribution in [1.29, 1.82) is 0 Å². The molecule has 0 aromatic heterocycles. The standard InChI is InChI=1S/C16H27NO/c1-5-8-14(9-6-2)17-16-11-10-15(18-7-3)12-13(16)4/h10-12,14,17H,5-9H2,1-4H3. The van der Waals surface area contributed by atoms with E-state index >= 15 is 0 Å². The minimum absolute atomic E-state index is 0.594. The van der Waals surface area contributed by atoms with E-state index in [-0.39, 0.29) is 0 Å². The van der Waals surface area contributed by atoms with Gasteiger partial charge in [-0.05, 0) is 50.5 Å². The van der Waals surface area contributed by atoms with Crippen LogP contribution in [0.25, 0.3) is 0 Å². The van der Waals surface area contributed by atoms with Crippen LogP contribution >= 0.6 is 0 Å². The average Bonchev–Trinajstić information content (AvgIpc) is 2.33. The smallest absolute Gasteiger partial charge is 0.119 e. The summed E-state index contributed by atoms with van der Waals surface area (Å²) in [5.41, 5.74) is 2.50. The van der Waals surface area contributed by atoms with Crippen LogP contribution < -0.4 is 10.1 Å². The molecule has 1 rings (SSSR count). The zero-order chi connectivity index (χ0) is 13.4. The van der Waals surface area contributed by atoms with E-state index in [4.69, 9.17) is 4.74 Å². The van der Waals surface area contributed by atoms with Gasteiger partial charge in [0.25, 0.3) is 0 Å². The second-order valence-corrected chi connectivity index (χ2v) is 4.83. The molecule has 18 heavy (non-hydrogen) atoms. The Labute approximate surface area is 112 Å². The van der Waals surface area contributed by atoms with E-state index in [0.717, 1.165) is 12.4 Å². The molecule has 2 heteroatoms. The van der Waals surface area contributed by atoms with Crippen LogP contribution in [0.15, 0.2) is 18.2 Å². The SMILES string of the molecule is CCCC(CCC)Nc1ccc(OCC)cc1C. The molecule has 0 saturated carbocycles. The first-order chi connectivity index (χ1) is 8.71. The highest BCUT2D eigenvalue weighted by atomic mass is 16.5. The van der Waals surface area contributed by atoms with Crippen LogP contribution in [0.4, 0.5) is 5.69 Å². The molecule has 0 aliphatic rings. The van der Waals surface area contributed by atoms with Crippen LogP contribution in [-0.2, 0) is 0 Å². The predicted octanol–water partition coefficient (Wildman–Crippen LogP) is 4.77. The summed E-state index contributed by atoms with van der Waals surface area (Å²) < 4.78 is 5.51. The van der Waals surface area contributed by atoms with Crippen molar-refractivity contribution in [2.75, 3.05) is 11.9 Å². The van der Waals surface area contributed by atoms with Crippen molar-refractivity contribution >= 4 is 5.69 Å². The predicted molar refractivity (Wildman–Crippen MR) is 79.6 cm³/mol. The Morgan fingerprint density at radius 1 is 1.11 bits per heavy atom. The van der Waals surface area contributed by atoms with Gasteiger partial charge in [-0.3, -0.25) is 0 Å². The molecular weight excluding hydrogens is 222 g/mol. The van der Waals surface area contributed by atoms with Crippen molar-refractivity contribution in [2.45, 2.75) is 59.4 Å². The maximum absolute atomic E-state index is 5.51. The van der Waals surface area contributed by atoms with Gasteiger partial charge in [-0.1, -0.05) is 26.7 Å². The minimum atomic E-state index is 0.594. The molecule has 0 radical (unpaired) electrons. The molecule has 0 unspecified atom stereocenters. The van der Waals surface area contributed by atoms with Gasteiger partial charge in [-0.25, -0.2) is 0 Å². The Balaban J connectivity index is 2.70. The van der Waals surface area contributed by atoms with Crippen molar-refractivity contribution in [3.05, 3.63) is 23.8 Å². The molecule has 0 spiro atoms. The Kier molecular flexibility index (Phi) is 6.63. The number of ether oxygens (including phenoxy) is 1. The summed E-state index contributed by atoms with van der Waals surface area (Å²) in [5.74, 6) is 0.961. The third-order valence-corrected chi connectivity index (χ3v) is 3.14. The normalized spacial score (nSPS) is 10.7. The monoisotopic (exact) mass is 249 g/mol. The topological polar surface area (TPSA) is 21.3 Å². The first-order valence-corrected chi connectivity index (χ1v) is 7.21. The Morgan fingerprint density at radius 2 is 1.78 bits per heavy atom. The molecule has 2 nitrogen and oxygen atoms in total. The summed E-state index contributed by atoms with van der Waals surface area (Å²) >= 11 is 0. The number of rotatable bonds is 8. The van der Waals surface area contributed by atoms with Crippen molar-refractivity contribution in [3.63, 3.8) is 0 Å². The molecule has 0 bridgehead atoms. The van der Waals surface area contributed by atoms with Gasteiger partial charge in [0.2, 0.25) is 0 Å². The van der Waals surface area contributed by atoms with Gasteiger partial charge >= 0.3 is 0 Å². The maximum Gasteiger partial charge on any atom is 0.119 e. The first-order valence-electron chi connectivity index (χ1n) is 7.21. The number of hydrogen-bond acceptors (Lipinski definition) is 2. The molecule has 0 aliphatic heterocycles. The fraction of sp³-hybridized carbons (Fsp3) is 0.625. The van der Waals surface area contributed by atoms with E-state index in [1.165, 1.54) is 36.9 Å². The molecule has 0 heterocycles. The Hall–Kier alpha value is -1.18. The van der Waals surface area contributed by atoms with E-state index in [1.807, 2.05) is 13.0 Å². The van der Waals surface area contributed by atoms with E-state index in [1.54, 1.807) is 0 Å². The van der Waals surface area contributed by atoms with Gasteiger partial charge in [-0.2, -0.15) is 0 Å². The third kappa shape index (κ3) is 4.59. The van der Waals surface area contributed by atoms with E-state index in [2.05, 4.69) is 38.2 Å². The van der Waals surface area contributed by atoms with Crippen molar-refractivity contribution in [3.8, 4) is 5.75 Å².